The third-order valence-electron chi connectivity index (χ3n) is 1.89. The Bertz CT molecular complexity index is 566. The molecular formula is C9H6F4N4O. The lowest BCUT2D eigenvalue weighted by Crippen LogP contribution is -2.19. The fourth-order valence-corrected chi connectivity index (χ4v) is 1.20. The van der Waals surface area contributed by atoms with Gasteiger partial charge in [0, 0.05) is 12.3 Å². The first-order valence-corrected chi connectivity index (χ1v) is 4.65. The van der Waals surface area contributed by atoms with Gasteiger partial charge in [-0.1, -0.05) is 0 Å². The number of rotatable bonds is 2. The molecule has 0 amide bonds. The third kappa shape index (κ3) is 2.73. The fraction of sp³-hybridized carbons (Fsp3) is 0.222. The Morgan fingerprint density at radius 3 is 2.50 bits per heavy atom. The van der Waals surface area contributed by atoms with Gasteiger partial charge in [-0.25, -0.2) is 9.37 Å². The summed E-state index contributed by atoms with van der Waals surface area (Å²) in [5.41, 5.74) is 0.646. The molecule has 2 aromatic heterocycles. The molecule has 18 heavy (non-hydrogen) atoms. The predicted molar refractivity (Wildman–Crippen MR) is 50.5 cm³/mol. The van der Waals surface area contributed by atoms with Crippen LogP contribution in [0.3, 0.4) is 0 Å². The Morgan fingerprint density at radius 1 is 1.28 bits per heavy atom. The van der Waals surface area contributed by atoms with Gasteiger partial charge in [0.05, 0.1) is 5.69 Å². The summed E-state index contributed by atoms with van der Waals surface area (Å²) in [5.74, 6) is -2.48. The maximum absolute atomic E-state index is 13.3. The van der Waals surface area contributed by atoms with Gasteiger partial charge in [0.15, 0.2) is 11.6 Å². The van der Waals surface area contributed by atoms with Gasteiger partial charge >= 0.3 is 6.36 Å². The van der Waals surface area contributed by atoms with Gasteiger partial charge in [0.2, 0.25) is 0 Å². The van der Waals surface area contributed by atoms with E-state index in [1.165, 1.54) is 17.1 Å². The van der Waals surface area contributed by atoms with Crippen LogP contribution in [-0.4, -0.2) is 26.1 Å². The highest BCUT2D eigenvalue weighted by Gasteiger charge is 2.33. The topological polar surface area (TPSA) is 52.8 Å². The van der Waals surface area contributed by atoms with Gasteiger partial charge in [-0.3, -0.25) is 4.57 Å². The highest BCUT2D eigenvalue weighted by atomic mass is 19.4. The summed E-state index contributed by atoms with van der Waals surface area (Å²) >= 11 is 0. The number of nitrogens with zero attached hydrogens (tertiary/aromatic N) is 4. The largest absolute Gasteiger partial charge is 0.574 e. The van der Waals surface area contributed by atoms with Crippen molar-refractivity contribution < 1.29 is 22.3 Å². The summed E-state index contributed by atoms with van der Waals surface area (Å²) in [6, 6.07) is 0.773. The average molecular weight is 262 g/mol. The number of alkyl halides is 3. The zero-order valence-electron chi connectivity index (χ0n) is 8.94. The molecule has 2 heterocycles. The average Bonchev–Trinajstić information content (AvgIpc) is 2.66. The van der Waals surface area contributed by atoms with Gasteiger partial charge in [0.25, 0.3) is 5.88 Å². The normalized spacial score (nSPS) is 11.6. The molecule has 5 nitrogen and oxygen atoms in total. The van der Waals surface area contributed by atoms with Gasteiger partial charge in [-0.15, -0.1) is 23.4 Å². The molecule has 0 fully saturated rings. The van der Waals surface area contributed by atoms with Crippen LogP contribution in [0.1, 0.15) is 5.69 Å². The second kappa shape index (κ2) is 4.24. The standard InChI is InChI=1S/C9H6F4N4O/c1-5-3-17(4-14-5)7-2-6(10)8(16-15-7)18-9(11,12)13/h2-4H,1H3. The molecule has 0 aliphatic carbocycles. The Balaban J connectivity index is 2.30. The first-order chi connectivity index (χ1) is 8.35. The zero-order chi connectivity index (χ0) is 13.3. The number of halogens is 4. The molecule has 0 aromatic carbocycles. The lowest BCUT2D eigenvalue weighted by molar-refractivity contribution is -0.277. The van der Waals surface area contributed by atoms with Crippen molar-refractivity contribution in [3.05, 3.63) is 30.1 Å². The SMILES string of the molecule is Cc1cn(-c2cc(F)c(OC(F)(F)F)nn2)cn1. The van der Waals surface area contributed by atoms with E-state index in [9.17, 15) is 17.6 Å². The number of hydrogen-bond donors (Lipinski definition) is 0. The number of aromatic nitrogens is 4. The van der Waals surface area contributed by atoms with E-state index >= 15 is 0 Å². The van der Waals surface area contributed by atoms with Crippen molar-refractivity contribution in [2.24, 2.45) is 0 Å². The van der Waals surface area contributed by atoms with Gasteiger partial charge in [-0.2, -0.15) is 0 Å². The molecule has 0 atom stereocenters. The molecule has 0 saturated heterocycles. The van der Waals surface area contributed by atoms with Crippen LogP contribution < -0.4 is 4.74 Å². The van der Waals surface area contributed by atoms with Crippen molar-refractivity contribution in [3.8, 4) is 11.7 Å². The van der Waals surface area contributed by atoms with Gasteiger partial charge in [-0.05, 0) is 6.92 Å². The zero-order valence-corrected chi connectivity index (χ0v) is 8.94. The maximum Gasteiger partial charge on any atom is 0.574 e. The lowest BCUT2D eigenvalue weighted by atomic mass is 10.5. The van der Waals surface area contributed by atoms with Crippen molar-refractivity contribution in [3.63, 3.8) is 0 Å². The first kappa shape index (κ1) is 12.3. The van der Waals surface area contributed by atoms with E-state index in [-0.39, 0.29) is 5.82 Å². The smallest absolute Gasteiger partial charge is 0.383 e. The van der Waals surface area contributed by atoms with Crippen LogP contribution >= 0.6 is 0 Å². The molecule has 0 bridgehead atoms. The highest BCUT2D eigenvalue weighted by molar-refractivity contribution is 5.26. The van der Waals surface area contributed by atoms with Crippen LogP contribution in [0.5, 0.6) is 5.88 Å². The van der Waals surface area contributed by atoms with E-state index in [2.05, 4.69) is 19.9 Å². The van der Waals surface area contributed by atoms with Crippen LogP contribution in [0.25, 0.3) is 5.82 Å². The van der Waals surface area contributed by atoms with Crippen LogP contribution in [0.2, 0.25) is 0 Å². The molecule has 9 heteroatoms. The lowest BCUT2D eigenvalue weighted by Gasteiger charge is -2.08. The number of aryl methyl sites for hydroxylation is 1. The second-order valence-corrected chi connectivity index (χ2v) is 3.33. The second-order valence-electron chi connectivity index (χ2n) is 3.33. The molecule has 0 radical (unpaired) electrons. The minimum atomic E-state index is -5.01. The van der Waals surface area contributed by atoms with E-state index in [1.54, 1.807) is 6.92 Å². The summed E-state index contributed by atoms with van der Waals surface area (Å²) in [5, 5.41) is 6.45. The van der Waals surface area contributed by atoms with Crippen molar-refractivity contribution in [2.45, 2.75) is 13.3 Å². The fourth-order valence-electron chi connectivity index (χ4n) is 1.20. The summed E-state index contributed by atoms with van der Waals surface area (Å²) in [4.78, 5) is 3.87. The molecule has 0 spiro atoms. The van der Waals surface area contributed by atoms with Gasteiger partial charge in [0.1, 0.15) is 6.33 Å². The Morgan fingerprint density at radius 2 is 2.00 bits per heavy atom. The molecular weight excluding hydrogens is 256 g/mol. The quantitative estimate of drug-likeness (QED) is 0.777. The molecule has 0 N–H and O–H groups in total. The number of hydrogen-bond acceptors (Lipinski definition) is 4. The monoisotopic (exact) mass is 262 g/mol. The van der Waals surface area contributed by atoms with Crippen LogP contribution in [0.15, 0.2) is 18.6 Å². The molecule has 96 valence electrons. The van der Waals surface area contributed by atoms with E-state index in [0.717, 1.165) is 6.07 Å². The molecule has 0 saturated carbocycles. The van der Waals surface area contributed by atoms with Crippen molar-refractivity contribution >= 4 is 0 Å². The predicted octanol–water partition coefficient (Wildman–Crippen LogP) is 2.01. The first-order valence-electron chi connectivity index (χ1n) is 4.65. The maximum atomic E-state index is 13.3. The summed E-state index contributed by atoms with van der Waals surface area (Å²) < 4.78 is 53.6. The van der Waals surface area contributed by atoms with Crippen molar-refractivity contribution in [2.75, 3.05) is 0 Å². The van der Waals surface area contributed by atoms with Gasteiger partial charge < -0.3 is 4.74 Å². The molecule has 2 aromatic rings. The van der Waals surface area contributed by atoms with Crippen LogP contribution in [0, 0.1) is 12.7 Å². The summed E-state index contributed by atoms with van der Waals surface area (Å²) in [6.07, 6.45) is -2.15. The van der Waals surface area contributed by atoms with Crippen molar-refractivity contribution in [1.29, 1.82) is 0 Å². The van der Waals surface area contributed by atoms with E-state index in [4.69, 9.17) is 0 Å². The Labute approximate surface area is 98.0 Å². The highest BCUT2D eigenvalue weighted by Crippen LogP contribution is 2.23. The Kier molecular flexibility index (Phi) is 2.89. The van der Waals surface area contributed by atoms with E-state index < -0.39 is 18.1 Å². The third-order valence-corrected chi connectivity index (χ3v) is 1.89. The summed E-state index contributed by atoms with van der Waals surface area (Å²) in [6.45, 7) is 1.70. The summed E-state index contributed by atoms with van der Waals surface area (Å²) in [7, 11) is 0. The molecule has 0 unspecified atom stereocenters. The minimum absolute atomic E-state index is 0.00243. The number of imidazole rings is 1. The van der Waals surface area contributed by atoms with E-state index in [1.807, 2.05) is 0 Å². The van der Waals surface area contributed by atoms with Crippen molar-refractivity contribution in [1.82, 2.24) is 19.7 Å². The Hall–Kier alpha value is -2.19. The molecule has 0 aliphatic heterocycles. The minimum Gasteiger partial charge on any atom is -0.383 e. The molecule has 2 rings (SSSR count). The molecule has 0 aliphatic rings. The van der Waals surface area contributed by atoms with E-state index in [0.29, 0.717) is 5.69 Å². The van der Waals surface area contributed by atoms with Crippen LogP contribution in [0.4, 0.5) is 17.6 Å². The van der Waals surface area contributed by atoms with Crippen LogP contribution in [-0.2, 0) is 0 Å². The number of ether oxygens (including phenoxy) is 1.